The first kappa shape index (κ1) is 17.1. The van der Waals surface area contributed by atoms with Crippen LogP contribution in [0.5, 0.6) is 0 Å². The van der Waals surface area contributed by atoms with Crippen molar-refractivity contribution in [2.45, 2.75) is 0 Å². The zero-order valence-electron chi connectivity index (χ0n) is 12.8. The van der Waals surface area contributed by atoms with Crippen LogP contribution in [0.15, 0.2) is 24.3 Å². The molecule has 0 aliphatic carbocycles. The lowest BCUT2D eigenvalue weighted by atomic mass is 10.1. The third kappa shape index (κ3) is 6.37. The molecule has 0 spiro atoms. The summed E-state index contributed by atoms with van der Waals surface area (Å²) in [6.07, 6.45) is 0. The molecule has 6 nitrogen and oxygen atoms in total. The van der Waals surface area contributed by atoms with Gasteiger partial charge in [-0.1, -0.05) is 6.07 Å². The summed E-state index contributed by atoms with van der Waals surface area (Å²) >= 11 is 0. The fourth-order valence-electron chi connectivity index (χ4n) is 1.67. The minimum absolute atomic E-state index is 0.177. The first-order valence-corrected chi connectivity index (χ1v) is 6.84. The number of nitrogens with zero attached hydrogens (tertiary/aromatic N) is 1. The quantitative estimate of drug-likeness (QED) is 0.679. The minimum Gasteiger partial charge on any atom is -0.383 e. The molecular weight excluding hydrogens is 270 g/mol. The molecule has 0 saturated carbocycles. The van der Waals surface area contributed by atoms with Gasteiger partial charge in [-0.2, -0.15) is 0 Å². The van der Waals surface area contributed by atoms with E-state index < -0.39 is 0 Å². The molecule has 21 heavy (non-hydrogen) atoms. The summed E-state index contributed by atoms with van der Waals surface area (Å²) < 4.78 is 4.87. The van der Waals surface area contributed by atoms with Gasteiger partial charge in [0.2, 0.25) is 0 Å². The summed E-state index contributed by atoms with van der Waals surface area (Å²) in [5.74, 6) is -0.390. The van der Waals surface area contributed by atoms with Crippen LogP contribution in [-0.2, 0) is 4.74 Å². The van der Waals surface area contributed by atoms with Gasteiger partial charge in [0.15, 0.2) is 0 Å². The summed E-state index contributed by atoms with van der Waals surface area (Å²) in [5, 5.41) is 5.54. The van der Waals surface area contributed by atoms with Gasteiger partial charge in [0, 0.05) is 37.9 Å². The number of methoxy groups -OCH3 is 1. The van der Waals surface area contributed by atoms with Crippen LogP contribution in [0.25, 0.3) is 0 Å². The number of hydrogen-bond donors (Lipinski definition) is 2. The standard InChI is InChI=1S/C15H23N3O3/c1-18(2)9-7-16-14(19)12-5-4-6-13(11-12)15(20)17-8-10-21-3/h4-6,11H,7-10H2,1-3H3,(H,16,19)(H,17,20). The van der Waals surface area contributed by atoms with Gasteiger partial charge in [0.05, 0.1) is 6.61 Å². The number of nitrogens with one attached hydrogen (secondary N) is 2. The molecule has 0 aromatic heterocycles. The van der Waals surface area contributed by atoms with E-state index in [9.17, 15) is 9.59 Å². The van der Waals surface area contributed by atoms with E-state index in [4.69, 9.17) is 4.74 Å². The monoisotopic (exact) mass is 293 g/mol. The molecule has 0 aliphatic rings. The Kier molecular flexibility index (Phi) is 7.42. The van der Waals surface area contributed by atoms with Crippen molar-refractivity contribution in [3.05, 3.63) is 35.4 Å². The Labute approximate surface area is 125 Å². The van der Waals surface area contributed by atoms with Gasteiger partial charge in [0.1, 0.15) is 0 Å². The van der Waals surface area contributed by atoms with Gasteiger partial charge >= 0.3 is 0 Å². The Morgan fingerprint density at radius 3 is 2.19 bits per heavy atom. The van der Waals surface area contributed by atoms with Crippen LogP contribution in [0.3, 0.4) is 0 Å². The Bertz CT molecular complexity index is 475. The average Bonchev–Trinajstić information content (AvgIpc) is 2.47. The molecule has 116 valence electrons. The number of likely N-dealkylation sites (N-methyl/N-ethyl adjacent to an activating group) is 1. The zero-order chi connectivity index (χ0) is 15.7. The third-order valence-corrected chi connectivity index (χ3v) is 2.82. The molecule has 0 radical (unpaired) electrons. The predicted molar refractivity (Wildman–Crippen MR) is 81.5 cm³/mol. The molecule has 0 heterocycles. The number of carbonyl (C=O) groups excluding carboxylic acids is 2. The summed E-state index contributed by atoms with van der Waals surface area (Å²) in [6.45, 7) is 2.23. The third-order valence-electron chi connectivity index (χ3n) is 2.82. The number of hydrogen-bond acceptors (Lipinski definition) is 4. The Morgan fingerprint density at radius 2 is 1.67 bits per heavy atom. The highest BCUT2D eigenvalue weighted by Crippen LogP contribution is 2.05. The molecule has 0 saturated heterocycles. The largest absolute Gasteiger partial charge is 0.383 e. The summed E-state index contributed by atoms with van der Waals surface area (Å²) in [5.41, 5.74) is 0.944. The molecule has 2 N–H and O–H groups in total. The first-order valence-electron chi connectivity index (χ1n) is 6.84. The van der Waals surface area contributed by atoms with Crippen LogP contribution >= 0.6 is 0 Å². The molecule has 1 aromatic rings. The van der Waals surface area contributed by atoms with Crippen molar-refractivity contribution in [2.24, 2.45) is 0 Å². The van der Waals surface area contributed by atoms with Crippen molar-refractivity contribution >= 4 is 11.8 Å². The highest BCUT2D eigenvalue weighted by molar-refractivity contribution is 5.99. The average molecular weight is 293 g/mol. The van der Waals surface area contributed by atoms with Crippen molar-refractivity contribution in [1.29, 1.82) is 0 Å². The predicted octanol–water partition coefficient (Wildman–Crippen LogP) is 0.354. The summed E-state index contributed by atoms with van der Waals surface area (Å²) in [4.78, 5) is 25.9. The van der Waals surface area contributed by atoms with Gasteiger partial charge in [-0.3, -0.25) is 9.59 Å². The second-order valence-electron chi connectivity index (χ2n) is 4.89. The number of amides is 2. The van der Waals surface area contributed by atoms with Crippen molar-refractivity contribution < 1.29 is 14.3 Å². The van der Waals surface area contributed by atoms with Crippen molar-refractivity contribution in [2.75, 3.05) is 47.4 Å². The summed E-state index contributed by atoms with van der Waals surface area (Å²) in [6, 6.07) is 6.66. The fourth-order valence-corrected chi connectivity index (χ4v) is 1.67. The molecule has 2 amide bonds. The number of rotatable bonds is 8. The smallest absolute Gasteiger partial charge is 0.251 e. The number of benzene rings is 1. The first-order chi connectivity index (χ1) is 10.0. The van der Waals surface area contributed by atoms with E-state index in [-0.39, 0.29) is 11.8 Å². The van der Waals surface area contributed by atoms with Crippen LogP contribution in [-0.4, -0.2) is 64.2 Å². The Morgan fingerprint density at radius 1 is 1.10 bits per heavy atom. The SMILES string of the molecule is COCCNC(=O)c1cccc(C(=O)NCCN(C)C)c1. The lowest BCUT2D eigenvalue weighted by Gasteiger charge is -2.11. The van der Waals surface area contributed by atoms with E-state index in [1.165, 1.54) is 0 Å². The van der Waals surface area contributed by atoms with Gasteiger partial charge < -0.3 is 20.3 Å². The van der Waals surface area contributed by atoms with Crippen LogP contribution in [0.2, 0.25) is 0 Å². The normalized spacial score (nSPS) is 10.5. The molecule has 1 aromatic carbocycles. The molecule has 0 aliphatic heterocycles. The molecule has 6 heteroatoms. The molecule has 0 bridgehead atoms. The maximum Gasteiger partial charge on any atom is 0.251 e. The molecule has 0 fully saturated rings. The second kappa shape index (κ2) is 9.10. The van der Waals surface area contributed by atoms with Gasteiger partial charge in [-0.25, -0.2) is 0 Å². The van der Waals surface area contributed by atoms with Crippen molar-refractivity contribution in [1.82, 2.24) is 15.5 Å². The second-order valence-corrected chi connectivity index (χ2v) is 4.89. The van der Waals surface area contributed by atoms with Crippen LogP contribution in [0.4, 0.5) is 0 Å². The minimum atomic E-state index is -0.213. The molecule has 0 atom stereocenters. The lowest BCUT2D eigenvalue weighted by Crippen LogP contribution is -2.31. The van der Waals surface area contributed by atoms with Gasteiger partial charge in [-0.15, -0.1) is 0 Å². The summed E-state index contributed by atoms with van der Waals surface area (Å²) in [7, 11) is 5.46. The van der Waals surface area contributed by atoms with Crippen molar-refractivity contribution in [3.8, 4) is 0 Å². The van der Waals surface area contributed by atoms with E-state index in [0.29, 0.717) is 30.8 Å². The van der Waals surface area contributed by atoms with E-state index >= 15 is 0 Å². The van der Waals surface area contributed by atoms with Gasteiger partial charge in [0.25, 0.3) is 11.8 Å². The topological polar surface area (TPSA) is 70.7 Å². The van der Waals surface area contributed by atoms with E-state index in [0.717, 1.165) is 6.54 Å². The van der Waals surface area contributed by atoms with Crippen LogP contribution in [0, 0.1) is 0 Å². The molecule has 0 unspecified atom stereocenters. The van der Waals surface area contributed by atoms with Gasteiger partial charge in [-0.05, 0) is 32.3 Å². The number of carbonyl (C=O) groups is 2. The van der Waals surface area contributed by atoms with Crippen molar-refractivity contribution in [3.63, 3.8) is 0 Å². The van der Waals surface area contributed by atoms with Crippen LogP contribution < -0.4 is 10.6 Å². The molecular formula is C15H23N3O3. The van der Waals surface area contributed by atoms with E-state index in [2.05, 4.69) is 10.6 Å². The van der Waals surface area contributed by atoms with E-state index in [1.807, 2.05) is 19.0 Å². The maximum absolute atomic E-state index is 12.0. The van der Waals surface area contributed by atoms with Crippen LogP contribution in [0.1, 0.15) is 20.7 Å². The van der Waals surface area contributed by atoms with E-state index in [1.54, 1.807) is 31.4 Å². The Balaban J connectivity index is 2.58. The number of ether oxygens (including phenoxy) is 1. The fraction of sp³-hybridized carbons (Fsp3) is 0.467. The Hall–Kier alpha value is -1.92. The molecule has 1 rings (SSSR count). The highest BCUT2D eigenvalue weighted by Gasteiger charge is 2.09. The zero-order valence-corrected chi connectivity index (χ0v) is 12.8. The highest BCUT2D eigenvalue weighted by atomic mass is 16.5. The maximum atomic E-state index is 12.0. The lowest BCUT2D eigenvalue weighted by molar-refractivity contribution is 0.0937.